The van der Waals surface area contributed by atoms with E-state index in [0.717, 1.165) is 22.3 Å². The van der Waals surface area contributed by atoms with Crippen molar-refractivity contribution in [2.45, 2.75) is 69.2 Å². The van der Waals surface area contributed by atoms with Gasteiger partial charge in [-0.2, -0.15) is 10.5 Å². The molecule has 0 spiro atoms. The summed E-state index contributed by atoms with van der Waals surface area (Å²) >= 11 is 0. The molecule has 0 bridgehead atoms. The number of halogens is 4. The van der Waals surface area contributed by atoms with E-state index in [1.807, 2.05) is 27.7 Å². The summed E-state index contributed by atoms with van der Waals surface area (Å²) in [4.78, 5) is 8.29. The number of benzene rings is 2. The van der Waals surface area contributed by atoms with Gasteiger partial charge in [-0.05, 0) is 50.2 Å². The van der Waals surface area contributed by atoms with Crippen LogP contribution in [0.15, 0.2) is 24.5 Å². The molecule has 0 fully saturated rings. The first-order valence-corrected chi connectivity index (χ1v) is 12.9. The normalized spacial score (nSPS) is 9.40. The van der Waals surface area contributed by atoms with Gasteiger partial charge in [0.05, 0.1) is 12.1 Å². The van der Waals surface area contributed by atoms with E-state index in [2.05, 4.69) is 22.1 Å². The van der Waals surface area contributed by atoms with Crippen molar-refractivity contribution in [2.75, 3.05) is 0 Å². The van der Waals surface area contributed by atoms with Crippen molar-refractivity contribution in [2.24, 2.45) is 0 Å². The van der Waals surface area contributed by atoms with Crippen LogP contribution in [0.1, 0.15) is 58.4 Å². The van der Waals surface area contributed by atoms with E-state index in [4.69, 9.17) is 10.5 Å². The smallest absolute Gasteiger partial charge is 0.304 e. The van der Waals surface area contributed by atoms with Crippen molar-refractivity contribution in [1.82, 2.24) is 9.97 Å². The topological polar surface area (TPSA) is 73.4 Å². The van der Waals surface area contributed by atoms with Gasteiger partial charge >= 0.3 is 19.5 Å². The summed E-state index contributed by atoms with van der Waals surface area (Å²) < 4.78 is 55.5. The van der Waals surface area contributed by atoms with Gasteiger partial charge in [-0.25, -0.2) is 8.78 Å². The molecule has 0 unspecified atom stereocenters. The minimum atomic E-state index is -0.524. The van der Waals surface area contributed by atoms with Crippen LogP contribution in [-0.2, 0) is 19.5 Å². The Bertz CT molecular complexity index is 1530. The van der Waals surface area contributed by atoms with Crippen LogP contribution in [0.3, 0.4) is 0 Å². The number of nitriles is 2. The van der Waals surface area contributed by atoms with Gasteiger partial charge < -0.3 is 9.97 Å². The molecule has 4 aromatic rings. The molecule has 0 amide bonds. The zero-order chi connectivity index (χ0) is 32.3. The fraction of sp³-hybridized carbons (Fsp3) is 0.294. The molecule has 0 aliphatic heterocycles. The van der Waals surface area contributed by atoms with Crippen molar-refractivity contribution in [3.05, 3.63) is 104 Å². The maximum absolute atomic E-state index is 14.1. The molecule has 0 atom stereocenters. The summed E-state index contributed by atoms with van der Waals surface area (Å²) in [6.07, 6.45) is 3.32. The summed E-state index contributed by atoms with van der Waals surface area (Å²) in [6.45, 7) is 16.7. The van der Waals surface area contributed by atoms with Crippen molar-refractivity contribution >= 4 is 0 Å². The number of hydrogen-bond donors (Lipinski definition) is 0. The maximum atomic E-state index is 14.1. The third kappa shape index (κ3) is 10.1. The van der Waals surface area contributed by atoms with Gasteiger partial charge in [-0.3, -0.25) is 8.78 Å². The minimum absolute atomic E-state index is 0. The van der Waals surface area contributed by atoms with Gasteiger partial charge in [0, 0.05) is 49.5 Å². The van der Waals surface area contributed by atoms with Gasteiger partial charge in [-0.1, -0.05) is 84.3 Å². The molecule has 2 aromatic heterocycles. The van der Waals surface area contributed by atoms with Crippen LogP contribution in [0.5, 0.6) is 0 Å². The molecule has 0 saturated carbocycles. The first-order valence-electron chi connectivity index (χ1n) is 12.9. The fourth-order valence-electron chi connectivity index (χ4n) is 3.43. The predicted molar refractivity (Wildman–Crippen MR) is 157 cm³/mol. The van der Waals surface area contributed by atoms with E-state index in [1.165, 1.54) is 13.8 Å². The number of aromatic nitrogens is 2. The Labute approximate surface area is 265 Å². The van der Waals surface area contributed by atoms with Gasteiger partial charge in [-0.15, -0.1) is 12.1 Å². The van der Waals surface area contributed by atoms with Gasteiger partial charge in [0.25, 0.3) is 0 Å². The molecule has 2 aromatic carbocycles. The number of rotatable bonds is 2. The Kier molecular flexibility index (Phi) is 16.3. The van der Waals surface area contributed by atoms with Crippen LogP contribution < -0.4 is 0 Å². The predicted octanol–water partition coefficient (Wildman–Crippen LogP) is 9.18. The second-order valence-corrected chi connectivity index (χ2v) is 9.51. The van der Waals surface area contributed by atoms with E-state index in [-0.39, 0.29) is 30.6 Å². The SMILES string of the molecule is CC#N.CC#N.Cc1cnc(-c2[c-]c(F)c(C)c(C)c2F)cc1C.Cc1cnc(-c2[c-]c(F)c(C)c(C)c2F)cc1C.[Ru+2]. The molecule has 2 heterocycles. The second-order valence-electron chi connectivity index (χ2n) is 9.51. The van der Waals surface area contributed by atoms with E-state index >= 15 is 0 Å². The monoisotopic (exact) mass is 676 g/mol. The Balaban J connectivity index is 0.000000680. The molecule has 4 nitrogen and oxygen atoms in total. The third-order valence-electron chi connectivity index (χ3n) is 6.61. The van der Waals surface area contributed by atoms with Gasteiger partial charge in [0.1, 0.15) is 0 Å². The van der Waals surface area contributed by atoms with Crippen LogP contribution >= 0.6 is 0 Å². The summed E-state index contributed by atoms with van der Waals surface area (Å²) in [6, 6.07) is 11.9. The van der Waals surface area contributed by atoms with E-state index in [9.17, 15) is 17.6 Å². The number of aryl methyl sites for hydroxylation is 4. The van der Waals surface area contributed by atoms with Crippen molar-refractivity contribution in [3.63, 3.8) is 0 Å². The van der Waals surface area contributed by atoms with Crippen LogP contribution in [0, 0.1) is 113 Å². The van der Waals surface area contributed by atoms with E-state index < -0.39 is 23.3 Å². The maximum Gasteiger partial charge on any atom is 2.00 e. The second kappa shape index (κ2) is 17.9. The molecule has 0 radical (unpaired) electrons. The number of nitrogens with zero attached hydrogens (tertiary/aromatic N) is 4. The van der Waals surface area contributed by atoms with Crippen LogP contribution in [-0.4, -0.2) is 9.97 Å². The average Bonchev–Trinajstić information content (AvgIpc) is 2.95. The van der Waals surface area contributed by atoms with Crippen molar-refractivity contribution < 1.29 is 37.0 Å². The summed E-state index contributed by atoms with van der Waals surface area (Å²) in [7, 11) is 0. The first kappa shape index (κ1) is 39.1. The van der Waals surface area contributed by atoms with Crippen molar-refractivity contribution in [1.29, 1.82) is 10.5 Å². The molecule has 4 rings (SSSR count). The Morgan fingerprint density at radius 3 is 1.09 bits per heavy atom. The number of hydrogen-bond acceptors (Lipinski definition) is 4. The molecule has 9 heteroatoms. The molecule has 0 aliphatic rings. The standard InChI is InChI=1S/2C15H14F2N.2C2H3N.Ru/c2*1-8-5-14(18-7-9(8)2)12-6-13(16)10(3)11(4)15(12)17;2*1-2-3;/h2*5,7H,1-4H3;2*1H3;/q2*-1;;;+2. The van der Waals surface area contributed by atoms with Crippen molar-refractivity contribution in [3.8, 4) is 34.7 Å². The minimum Gasteiger partial charge on any atom is -0.304 e. The molecule has 226 valence electrons. The summed E-state index contributed by atoms with van der Waals surface area (Å²) in [5.41, 5.74) is 6.24. The summed E-state index contributed by atoms with van der Waals surface area (Å²) in [5.74, 6) is -1.96. The first-order chi connectivity index (χ1) is 19.7. The van der Waals surface area contributed by atoms with E-state index in [0.29, 0.717) is 33.6 Å². The van der Waals surface area contributed by atoms with Gasteiger partial charge in [0.2, 0.25) is 0 Å². The largest absolute Gasteiger partial charge is 2.00 e. The molecule has 0 saturated heterocycles. The Hall–Kier alpha value is -3.94. The fourth-order valence-corrected chi connectivity index (χ4v) is 3.43. The Morgan fingerprint density at radius 2 is 0.837 bits per heavy atom. The Morgan fingerprint density at radius 1 is 0.558 bits per heavy atom. The average molecular weight is 676 g/mol. The third-order valence-corrected chi connectivity index (χ3v) is 6.61. The molecule has 0 N–H and O–H groups in total. The molecule has 43 heavy (non-hydrogen) atoms. The number of pyridine rings is 2. The van der Waals surface area contributed by atoms with E-state index in [1.54, 1.807) is 64.4 Å². The van der Waals surface area contributed by atoms with Crippen LogP contribution in [0.4, 0.5) is 17.6 Å². The van der Waals surface area contributed by atoms with Gasteiger partial charge in [0.15, 0.2) is 0 Å². The van der Waals surface area contributed by atoms with Crippen LogP contribution in [0.25, 0.3) is 22.5 Å². The van der Waals surface area contributed by atoms with Crippen LogP contribution in [0.2, 0.25) is 0 Å². The zero-order valence-electron chi connectivity index (χ0n) is 26.0. The zero-order valence-corrected chi connectivity index (χ0v) is 27.7. The molecular weight excluding hydrogens is 641 g/mol. The molecule has 0 aliphatic carbocycles. The quantitative estimate of drug-likeness (QED) is 0.121. The summed E-state index contributed by atoms with van der Waals surface area (Å²) in [5, 5.41) is 14.6. The molecular formula is C34H34F4N4Ru.